The van der Waals surface area contributed by atoms with Crippen molar-refractivity contribution in [3.8, 4) is 0 Å². The maximum Gasteiger partial charge on any atom is 0.326 e. The van der Waals surface area contributed by atoms with Crippen molar-refractivity contribution in [2.75, 3.05) is 13.1 Å². The minimum Gasteiger partial charge on any atom is -0.480 e. The smallest absolute Gasteiger partial charge is 0.326 e. The number of aliphatic carboxylic acids is 1. The van der Waals surface area contributed by atoms with Crippen molar-refractivity contribution >= 4 is 35.6 Å². The zero-order valence-corrected chi connectivity index (χ0v) is 16.7. The van der Waals surface area contributed by atoms with Gasteiger partial charge in [-0.15, -0.1) is 0 Å². The van der Waals surface area contributed by atoms with E-state index >= 15 is 0 Å². The molecule has 14 nitrogen and oxygen atoms in total. The molecule has 0 saturated heterocycles. The topological polar surface area (TPSA) is 258 Å². The molecule has 0 aromatic heterocycles. The number of nitrogens with two attached hydrogens (primary N) is 4. The van der Waals surface area contributed by atoms with Crippen LogP contribution in [0.5, 0.6) is 0 Å². The van der Waals surface area contributed by atoms with E-state index in [4.69, 9.17) is 22.9 Å². The van der Waals surface area contributed by atoms with Crippen LogP contribution in [-0.4, -0.2) is 71.9 Å². The summed E-state index contributed by atoms with van der Waals surface area (Å²) < 4.78 is 0. The Morgan fingerprint density at radius 1 is 0.967 bits per heavy atom. The first-order chi connectivity index (χ1) is 13.9. The average molecular weight is 430 g/mol. The highest BCUT2D eigenvalue weighted by molar-refractivity contribution is 5.92. The lowest BCUT2D eigenvalue weighted by Gasteiger charge is -2.19. The monoisotopic (exact) mass is 430 g/mol. The third-order valence-electron chi connectivity index (χ3n) is 3.73. The van der Waals surface area contributed by atoms with Crippen molar-refractivity contribution in [3.05, 3.63) is 0 Å². The van der Waals surface area contributed by atoms with E-state index in [0.717, 1.165) is 0 Å². The van der Waals surface area contributed by atoms with E-state index in [9.17, 15) is 29.1 Å². The lowest BCUT2D eigenvalue weighted by atomic mass is 10.1. The number of carbonyl (C=O) groups excluding carboxylic acids is 4. The summed E-state index contributed by atoms with van der Waals surface area (Å²) in [5.74, 6) is -4.20. The van der Waals surface area contributed by atoms with E-state index in [2.05, 4.69) is 20.9 Å². The van der Waals surface area contributed by atoms with Crippen LogP contribution >= 0.6 is 0 Å². The fraction of sp³-hybridized carbons (Fsp3) is 0.625. The Balaban J connectivity index is 4.72. The number of guanidine groups is 1. The number of nitrogens with one attached hydrogen (secondary N) is 3. The molecule has 0 spiro atoms. The second-order valence-electron chi connectivity index (χ2n) is 6.48. The van der Waals surface area contributed by atoms with Gasteiger partial charge in [0.05, 0.1) is 12.6 Å². The Hall–Kier alpha value is -3.42. The summed E-state index contributed by atoms with van der Waals surface area (Å²) in [6.45, 7) is 1.06. The summed E-state index contributed by atoms with van der Waals surface area (Å²) >= 11 is 0. The molecular formula is C16H30N8O6. The summed E-state index contributed by atoms with van der Waals surface area (Å²) in [6.07, 6.45) is 0.0989. The molecule has 0 aliphatic rings. The fourth-order valence-corrected chi connectivity index (χ4v) is 2.16. The Bertz CT molecular complexity index is 662. The van der Waals surface area contributed by atoms with Gasteiger partial charge in [-0.25, -0.2) is 4.79 Å². The predicted octanol–water partition coefficient (Wildman–Crippen LogP) is -4.18. The third kappa shape index (κ3) is 12.1. The van der Waals surface area contributed by atoms with E-state index in [1.807, 2.05) is 0 Å². The molecule has 0 aromatic carbocycles. The van der Waals surface area contributed by atoms with Crippen molar-refractivity contribution in [2.24, 2.45) is 27.9 Å². The molecule has 0 saturated carbocycles. The van der Waals surface area contributed by atoms with E-state index < -0.39 is 54.3 Å². The van der Waals surface area contributed by atoms with Crippen LogP contribution in [0.15, 0.2) is 4.99 Å². The highest BCUT2D eigenvalue weighted by atomic mass is 16.4. The molecule has 3 unspecified atom stereocenters. The number of nitrogens with zero attached hydrogens (tertiary/aromatic N) is 1. The molecule has 0 rings (SSSR count). The maximum atomic E-state index is 12.3. The van der Waals surface area contributed by atoms with Gasteiger partial charge in [0.25, 0.3) is 0 Å². The average Bonchev–Trinajstić information content (AvgIpc) is 2.64. The van der Waals surface area contributed by atoms with Crippen LogP contribution in [0.25, 0.3) is 0 Å². The van der Waals surface area contributed by atoms with E-state index in [1.165, 1.54) is 6.92 Å². The first-order valence-corrected chi connectivity index (χ1v) is 9.13. The first kappa shape index (κ1) is 26.6. The molecule has 30 heavy (non-hydrogen) atoms. The molecule has 4 amide bonds. The van der Waals surface area contributed by atoms with Crippen LogP contribution in [-0.2, 0) is 24.0 Å². The van der Waals surface area contributed by atoms with Crippen LogP contribution in [0.1, 0.15) is 32.6 Å². The third-order valence-corrected chi connectivity index (χ3v) is 3.73. The van der Waals surface area contributed by atoms with Gasteiger partial charge in [-0.2, -0.15) is 0 Å². The normalized spacial score (nSPS) is 13.3. The van der Waals surface area contributed by atoms with Crippen molar-refractivity contribution in [3.63, 3.8) is 0 Å². The molecule has 12 N–H and O–H groups in total. The predicted molar refractivity (Wildman–Crippen MR) is 106 cm³/mol. The Labute approximate surface area is 173 Å². The van der Waals surface area contributed by atoms with E-state index in [0.29, 0.717) is 6.42 Å². The van der Waals surface area contributed by atoms with Gasteiger partial charge in [0.1, 0.15) is 12.1 Å². The van der Waals surface area contributed by atoms with Crippen LogP contribution in [0.3, 0.4) is 0 Å². The summed E-state index contributed by atoms with van der Waals surface area (Å²) in [6, 6.07) is -3.24. The van der Waals surface area contributed by atoms with Crippen molar-refractivity contribution in [1.29, 1.82) is 0 Å². The lowest BCUT2D eigenvalue weighted by molar-refractivity contribution is -0.142. The number of carbonyl (C=O) groups is 5. The van der Waals surface area contributed by atoms with Crippen LogP contribution in [0.4, 0.5) is 0 Å². The number of primary amides is 1. The second-order valence-corrected chi connectivity index (χ2v) is 6.48. The molecule has 0 heterocycles. The van der Waals surface area contributed by atoms with E-state index in [-0.39, 0.29) is 31.8 Å². The minimum atomic E-state index is -1.26. The van der Waals surface area contributed by atoms with Crippen molar-refractivity contribution in [1.82, 2.24) is 16.0 Å². The van der Waals surface area contributed by atoms with Gasteiger partial charge >= 0.3 is 5.97 Å². The summed E-state index contributed by atoms with van der Waals surface area (Å²) in [7, 11) is 0. The second kappa shape index (κ2) is 13.7. The number of hydrogen-bond acceptors (Lipinski definition) is 7. The van der Waals surface area contributed by atoms with Gasteiger partial charge < -0.3 is 44.0 Å². The van der Waals surface area contributed by atoms with Gasteiger partial charge in [0, 0.05) is 13.0 Å². The largest absolute Gasteiger partial charge is 0.480 e. The molecular weight excluding hydrogens is 400 g/mol. The SMILES string of the molecule is CC(N)C(=O)NC(CCC(N)=O)C(=O)NCC(=O)NC(CCCN=C(N)N)C(=O)O. The quantitative estimate of drug-likeness (QED) is 0.0753. The molecule has 0 aliphatic heterocycles. The molecule has 14 heteroatoms. The first-order valence-electron chi connectivity index (χ1n) is 9.13. The number of aliphatic imine (C=N–C) groups is 1. The Kier molecular flexibility index (Phi) is 12.1. The zero-order chi connectivity index (χ0) is 23.3. The van der Waals surface area contributed by atoms with Gasteiger partial charge in [0.15, 0.2) is 5.96 Å². The zero-order valence-electron chi connectivity index (χ0n) is 16.7. The summed E-state index contributed by atoms with van der Waals surface area (Å²) in [4.78, 5) is 61.9. The number of rotatable bonds is 14. The lowest BCUT2D eigenvalue weighted by Crippen LogP contribution is -2.53. The van der Waals surface area contributed by atoms with Crippen LogP contribution < -0.4 is 38.9 Å². The van der Waals surface area contributed by atoms with E-state index in [1.54, 1.807) is 0 Å². The number of carboxylic acids is 1. The highest BCUT2D eigenvalue weighted by Crippen LogP contribution is 2.00. The van der Waals surface area contributed by atoms with Gasteiger partial charge in [-0.1, -0.05) is 0 Å². The molecule has 0 radical (unpaired) electrons. The Morgan fingerprint density at radius 3 is 2.10 bits per heavy atom. The fourth-order valence-electron chi connectivity index (χ4n) is 2.16. The summed E-state index contributed by atoms with van der Waals surface area (Å²) in [5.41, 5.74) is 20.8. The molecule has 0 aliphatic carbocycles. The van der Waals surface area contributed by atoms with Crippen LogP contribution in [0, 0.1) is 0 Å². The van der Waals surface area contributed by atoms with Gasteiger partial charge in [-0.05, 0) is 26.2 Å². The van der Waals surface area contributed by atoms with Gasteiger partial charge in [0.2, 0.25) is 23.6 Å². The number of amides is 4. The minimum absolute atomic E-state index is 0.0669. The molecule has 0 fully saturated rings. The molecule has 170 valence electrons. The summed E-state index contributed by atoms with van der Waals surface area (Å²) in [5, 5.41) is 16.1. The number of carboxylic acid groups (broad SMARTS) is 1. The Morgan fingerprint density at radius 2 is 1.60 bits per heavy atom. The van der Waals surface area contributed by atoms with Crippen molar-refractivity contribution in [2.45, 2.75) is 50.7 Å². The highest BCUT2D eigenvalue weighted by Gasteiger charge is 2.24. The maximum absolute atomic E-state index is 12.3. The molecule has 0 bridgehead atoms. The van der Waals surface area contributed by atoms with Crippen molar-refractivity contribution < 1.29 is 29.1 Å². The molecule has 0 aromatic rings. The van der Waals surface area contributed by atoms with Gasteiger partial charge in [-0.3, -0.25) is 24.2 Å². The number of hydrogen-bond donors (Lipinski definition) is 8. The van der Waals surface area contributed by atoms with Crippen LogP contribution in [0.2, 0.25) is 0 Å². The standard InChI is InChI=1S/C16H30N8O6/c1-8(17)13(27)24-9(4-5-11(18)25)14(28)22-7-12(26)23-10(15(29)30)3-2-6-21-16(19)20/h8-10H,2-7,17H2,1H3,(H2,18,25)(H,22,28)(H,23,26)(H,24,27)(H,29,30)(H4,19,20,21). The molecule has 3 atom stereocenters.